The molecule has 41 heavy (non-hydrogen) atoms. The summed E-state index contributed by atoms with van der Waals surface area (Å²) in [5, 5.41) is 8.13. The van der Waals surface area contributed by atoms with Gasteiger partial charge in [-0.25, -0.2) is 9.25 Å². The van der Waals surface area contributed by atoms with Gasteiger partial charge in [-0.3, -0.25) is 9.32 Å². The van der Waals surface area contributed by atoms with Gasteiger partial charge in [0.25, 0.3) is 0 Å². The molecule has 220 valence electrons. The Balaban J connectivity index is 1.25. The third-order valence-electron chi connectivity index (χ3n) is 7.49. The maximum absolute atomic E-state index is 13.4. The molecule has 2 aromatic heterocycles. The summed E-state index contributed by atoms with van der Waals surface area (Å²) >= 11 is 0. The number of fused-ring (bicyclic) bond motifs is 1. The Hall–Kier alpha value is -3.30. The van der Waals surface area contributed by atoms with Crippen LogP contribution in [0, 0.1) is 0 Å². The molecule has 6 rings (SSSR count). The van der Waals surface area contributed by atoms with E-state index in [0.29, 0.717) is 49.2 Å². The predicted molar refractivity (Wildman–Crippen MR) is 138 cm³/mol. The van der Waals surface area contributed by atoms with E-state index in [4.69, 9.17) is 19.5 Å². The van der Waals surface area contributed by atoms with Crippen molar-refractivity contribution in [3.63, 3.8) is 0 Å². The molecule has 2 aliphatic heterocycles. The first kappa shape index (κ1) is 27.8. The van der Waals surface area contributed by atoms with Crippen LogP contribution < -0.4 is 10.2 Å². The fourth-order valence-corrected chi connectivity index (χ4v) is 5.48. The van der Waals surface area contributed by atoms with Gasteiger partial charge in [0.05, 0.1) is 35.0 Å². The number of benzene rings is 1. The number of alkyl halides is 3. The highest BCUT2D eigenvalue weighted by Gasteiger charge is 2.39. The minimum absolute atomic E-state index is 0.0600. The van der Waals surface area contributed by atoms with Crippen molar-refractivity contribution in [3.8, 4) is 5.69 Å². The molecule has 3 aliphatic rings. The summed E-state index contributed by atoms with van der Waals surface area (Å²) < 4.78 is 62.0. The van der Waals surface area contributed by atoms with Crippen molar-refractivity contribution < 1.29 is 41.6 Å². The van der Waals surface area contributed by atoms with E-state index < -0.39 is 26.4 Å². The quantitative estimate of drug-likeness (QED) is 0.246. The van der Waals surface area contributed by atoms with Crippen molar-refractivity contribution in [2.75, 3.05) is 36.6 Å². The van der Waals surface area contributed by atoms with Crippen LogP contribution in [0.1, 0.15) is 31.2 Å². The molecular weight excluding hydrogens is 570 g/mol. The predicted octanol–water partition coefficient (Wildman–Crippen LogP) is 2.67. The zero-order valence-electron chi connectivity index (χ0n) is 21.6. The van der Waals surface area contributed by atoms with Gasteiger partial charge in [0.1, 0.15) is 5.82 Å². The normalized spacial score (nSPS) is 21.8. The Morgan fingerprint density at radius 1 is 1.17 bits per heavy atom. The maximum atomic E-state index is 13.4. The summed E-state index contributed by atoms with van der Waals surface area (Å²) in [6.45, 7) is 1.30. The molecule has 0 unspecified atom stereocenters. The number of hydrogen-bond donors (Lipinski definition) is 3. The number of ether oxygens (including phenoxy) is 1. The lowest BCUT2D eigenvalue weighted by Crippen LogP contribution is -2.60. The van der Waals surface area contributed by atoms with Gasteiger partial charge in [0.15, 0.2) is 12.4 Å². The van der Waals surface area contributed by atoms with E-state index in [-0.39, 0.29) is 35.7 Å². The summed E-state index contributed by atoms with van der Waals surface area (Å²) in [7, 11) is -4.62. The number of phosphoric acid groups is 1. The fourth-order valence-electron chi connectivity index (χ4n) is 5.28. The van der Waals surface area contributed by atoms with E-state index in [2.05, 4.69) is 19.9 Å². The van der Waals surface area contributed by atoms with Gasteiger partial charge < -0.3 is 29.6 Å². The second-order valence-corrected chi connectivity index (χ2v) is 11.5. The SMILES string of the molecule is O=C1CCCN1C1CN(c2nc(N[C@H]3C[C@@H](OCOP(=O)(O)O)C3)nc3c2cnn3-c2cccc(C(F)(F)F)c2)C1. The highest BCUT2D eigenvalue weighted by atomic mass is 31.2. The highest BCUT2D eigenvalue weighted by molar-refractivity contribution is 7.46. The van der Waals surface area contributed by atoms with Crippen LogP contribution >= 0.6 is 7.82 Å². The zero-order valence-corrected chi connectivity index (χ0v) is 22.5. The third-order valence-corrected chi connectivity index (χ3v) is 7.93. The topological polar surface area (TPSA) is 155 Å². The van der Waals surface area contributed by atoms with Crippen molar-refractivity contribution in [3.05, 3.63) is 36.0 Å². The van der Waals surface area contributed by atoms with E-state index in [1.54, 1.807) is 0 Å². The van der Waals surface area contributed by atoms with Gasteiger partial charge in [-0.15, -0.1) is 0 Å². The molecule has 0 radical (unpaired) electrons. The van der Waals surface area contributed by atoms with Gasteiger partial charge in [-0.05, 0) is 37.5 Å². The number of aromatic nitrogens is 4. The number of amides is 1. The van der Waals surface area contributed by atoms with Crippen LogP contribution in [0.15, 0.2) is 30.5 Å². The monoisotopic (exact) mass is 597 g/mol. The Labute approximate surface area is 231 Å². The third kappa shape index (κ3) is 5.88. The molecule has 3 N–H and O–H groups in total. The maximum Gasteiger partial charge on any atom is 0.471 e. The van der Waals surface area contributed by atoms with Crippen LogP contribution in [0.4, 0.5) is 24.9 Å². The average Bonchev–Trinajstić information content (AvgIpc) is 3.47. The second kappa shape index (κ2) is 10.5. The summed E-state index contributed by atoms with van der Waals surface area (Å²) in [6.07, 6.45) is -0.908. The van der Waals surface area contributed by atoms with E-state index in [0.717, 1.165) is 25.1 Å². The number of carbonyl (C=O) groups excluding carboxylic acids is 1. The van der Waals surface area contributed by atoms with Crippen molar-refractivity contribution >= 4 is 36.5 Å². The fraction of sp³-hybridized carbons (Fsp3) is 0.500. The second-order valence-electron chi connectivity index (χ2n) is 10.3. The molecule has 13 nitrogen and oxygen atoms in total. The number of likely N-dealkylation sites (tertiary alicyclic amines) is 1. The van der Waals surface area contributed by atoms with Crippen LogP contribution in [0.25, 0.3) is 16.7 Å². The first-order valence-electron chi connectivity index (χ1n) is 13.0. The standard InChI is InChI=1S/C24H27F3N7O6P/c25-24(26,27)14-3-1-4-16(7-14)34-22-19(10-28-34)21(32-11-17(12-32)33-6-2-5-20(33)35)30-23(31-22)29-15-8-18(9-15)39-13-40-41(36,37)38/h1,3-4,7,10,15,17-18H,2,5-6,8-9,11-13H2,(H,29,30,31)(H2,36,37,38)/t15-,18+. The number of nitrogens with one attached hydrogen (secondary N) is 1. The van der Waals surface area contributed by atoms with Crippen LogP contribution in [-0.2, 0) is 24.8 Å². The summed E-state index contributed by atoms with van der Waals surface area (Å²) in [4.78, 5) is 42.9. The Bertz CT molecular complexity index is 1500. The molecular formula is C24H27F3N7O6P. The first-order chi connectivity index (χ1) is 19.4. The number of nitrogens with zero attached hydrogens (tertiary/aromatic N) is 6. The smallest absolute Gasteiger partial charge is 0.352 e. The molecule has 17 heteroatoms. The summed E-state index contributed by atoms with van der Waals surface area (Å²) in [5.41, 5.74) is -0.299. The number of carbonyl (C=O) groups is 1. The highest BCUT2D eigenvalue weighted by Crippen LogP contribution is 2.37. The van der Waals surface area contributed by atoms with E-state index in [1.807, 2.05) is 9.80 Å². The van der Waals surface area contributed by atoms with Crippen molar-refractivity contribution in [1.29, 1.82) is 0 Å². The van der Waals surface area contributed by atoms with E-state index in [1.165, 1.54) is 23.0 Å². The van der Waals surface area contributed by atoms with Crippen LogP contribution in [-0.4, -0.2) is 85.0 Å². The van der Waals surface area contributed by atoms with Gasteiger partial charge in [-0.2, -0.15) is 28.2 Å². The van der Waals surface area contributed by atoms with Crippen molar-refractivity contribution in [2.45, 2.75) is 50.0 Å². The van der Waals surface area contributed by atoms with Crippen molar-refractivity contribution in [2.24, 2.45) is 0 Å². The molecule has 1 saturated carbocycles. The Morgan fingerprint density at radius 3 is 2.63 bits per heavy atom. The summed E-state index contributed by atoms with van der Waals surface area (Å²) in [5.74, 6) is 0.938. The first-order valence-corrected chi connectivity index (χ1v) is 14.5. The van der Waals surface area contributed by atoms with Gasteiger partial charge >= 0.3 is 14.0 Å². The van der Waals surface area contributed by atoms with Crippen LogP contribution in [0.3, 0.4) is 0 Å². The van der Waals surface area contributed by atoms with Gasteiger partial charge in [-0.1, -0.05) is 6.07 Å². The number of halogens is 3. The average molecular weight is 597 g/mol. The number of anilines is 2. The molecule has 0 spiro atoms. The Kier molecular flexibility index (Phi) is 7.14. The lowest BCUT2D eigenvalue weighted by atomic mass is 9.89. The molecule has 4 heterocycles. The minimum Gasteiger partial charge on any atom is -0.352 e. The van der Waals surface area contributed by atoms with Gasteiger partial charge in [0, 0.05) is 32.1 Å². The molecule has 3 fully saturated rings. The number of rotatable bonds is 9. The van der Waals surface area contributed by atoms with Crippen LogP contribution in [0.5, 0.6) is 0 Å². The largest absolute Gasteiger partial charge is 0.471 e. The lowest BCUT2D eigenvalue weighted by Gasteiger charge is -2.44. The molecule has 0 bridgehead atoms. The Morgan fingerprint density at radius 2 is 1.95 bits per heavy atom. The molecule has 0 atom stereocenters. The van der Waals surface area contributed by atoms with Gasteiger partial charge in [0.2, 0.25) is 11.9 Å². The molecule has 3 aromatic rings. The molecule has 1 amide bonds. The van der Waals surface area contributed by atoms with E-state index >= 15 is 0 Å². The number of hydrogen-bond acceptors (Lipinski definition) is 9. The van der Waals surface area contributed by atoms with Crippen molar-refractivity contribution in [1.82, 2.24) is 24.6 Å². The lowest BCUT2D eigenvalue weighted by molar-refractivity contribution is -0.137. The van der Waals surface area contributed by atoms with Crippen LogP contribution in [0.2, 0.25) is 0 Å². The molecule has 1 aliphatic carbocycles. The minimum atomic E-state index is -4.62. The summed E-state index contributed by atoms with van der Waals surface area (Å²) in [6, 6.07) is 4.77. The molecule has 1 aromatic carbocycles. The van der Waals surface area contributed by atoms with E-state index in [9.17, 15) is 22.5 Å². The number of phosphoric ester groups is 1. The zero-order chi connectivity index (χ0) is 28.9. The molecule has 2 saturated heterocycles.